The fourth-order valence-corrected chi connectivity index (χ4v) is 2.44. The lowest BCUT2D eigenvalue weighted by atomic mass is 10.1. The van der Waals surface area contributed by atoms with Crippen molar-refractivity contribution in [3.05, 3.63) is 22.7 Å². The molecule has 0 aliphatic carbocycles. The molecule has 0 spiro atoms. The van der Waals surface area contributed by atoms with Gasteiger partial charge in [0.05, 0.1) is 13.2 Å². The van der Waals surface area contributed by atoms with Gasteiger partial charge in [0.2, 0.25) is 6.23 Å². The largest absolute Gasteiger partial charge is 0.449 e. The smallest absolute Gasteiger partial charge is 0.412 e. The summed E-state index contributed by atoms with van der Waals surface area (Å²) in [6, 6.07) is 1.12. The van der Waals surface area contributed by atoms with Crippen LogP contribution in [0, 0.1) is 0 Å². The number of alkyl halides is 2. The SMILES string of the molecule is CCCCCOC(=O)Nc1ccn([C@@H]2OC(CO)[C@@H](O)C2(F)F)c(=O)n1. The first-order chi connectivity index (χ1) is 12.3. The van der Waals surface area contributed by atoms with Gasteiger partial charge in [0.25, 0.3) is 0 Å². The van der Waals surface area contributed by atoms with Crippen LogP contribution in [-0.2, 0) is 9.47 Å². The van der Waals surface area contributed by atoms with Gasteiger partial charge in [-0.05, 0) is 12.5 Å². The van der Waals surface area contributed by atoms with E-state index in [0.29, 0.717) is 11.0 Å². The van der Waals surface area contributed by atoms with Crippen LogP contribution < -0.4 is 11.0 Å². The van der Waals surface area contributed by atoms with E-state index in [9.17, 15) is 23.5 Å². The van der Waals surface area contributed by atoms with Gasteiger partial charge in [-0.25, -0.2) is 9.59 Å². The number of nitrogens with zero attached hydrogens (tertiary/aromatic N) is 2. The number of aromatic nitrogens is 2. The molecule has 0 radical (unpaired) electrons. The maximum absolute atomic E-state index is 14.1. The van der Waals surface area contributed by atoms with E-state index < -0.39 is 42.7 Å². The number of carbonyl (C=O) groups is 1. The zero-order valence-corrected chi connectivity index (χ0v) is 14.1. The van der Waals surface area contributed by atoms with E-state index in [1.54, 1.807) is 0 Å². The number of amides is 1. The standard InChI is InChI=1S/C15H21F2N3O6/c1-2-3-4-7-25-14(24)19-10-5-6-20(13(23)18-10)12-15(16,17)11(22)9(8-21)26-12/h5-6,9,11-12,21-22H,2-4,7-8H2,1H3,(H,18,19,23,24)/t9?,11-,12-/m1/s1. The normalized spacial score (nSPS) is 24.4. The molecule has 1 aromatic rings. The molecule has 1 saturated heterocycles. The highest BCUT2D eigenvalue weighted by atomic mass is 19.3. The Labute approximate surface area is 147 Å². The second-order valence-electron chi connectivity index (χ2n) is 5.80. The molecule has 146 valence electrons. The van der Waals surface area contributed by atoms with Crippen molar-refractivity contribution >= 4 is 11.9 Å². The van der Waals surface area contributed by atoms with Gasteiger partial charge in [0.15, 0.2) is 6.10 Å². The number of hydrogen-bond acceptors (Lipinski definition) is 7. The van der Waals surface area contributed by atoms with Crippen molar-refractivity contribution in [2.45, 2.75) is 50.5 Å². The van der Waals surface area contributed by atoms with E-state index in [-0.39, 0.29) is 12.4 Å². The zero-order chi connectivity index (χ0) is 19.3. The maximum atomic E-state index is 14.1. The van der Waals surface area contributed by atoms with E-state index >= 15 is 0 Å². The summed E-state index contributed by atoms with van der Waals surface area (Å²) in [4.78, 5) is 27.0. The maximum Gasteiger partial charge on any atom is 0.412 e. The fraction of sp³-hybridized carbons (Fsp3) is 0.667. The minimum atomic E-state index is -3.80. The molecule has 1 unspecified atom stereocenters. The summed E-state index contributed by atoms with van der Waals surface area (Å²) in [5, 5.41) is 20.7. The summed E-state index contributed by atoms with van der Waals surface area (Å²) in [6.07, 6.45) is -3.22. The van der Waals surface area contributed by atoms with Gasteiger partial charge in [0, 0.05) is 6.20 Å². The molecule has 1 aliphatic rings. The van der Waals surface area contributed by atoms with Crippen LogP contribution in [0.3, 0.4) is 0 Å². The molecule has 1 aromatic heterocycles. The Morgan fingerprint density at radius 3 is 2.81 bits per heavy atom. The van der Waals surface area contributed by atoms with Gasteiger partial charge in [-0.3, -0.25) is 9.88 Å². The highest BCUT2D eigenvalue weighted by Crippen LogP contribution is 2.41. The highest BCUT2D eigenvalue weighted by Gasteiger charge is 2.59. The first-order valence-corrected chi connectivity index (χ1v) is 8.16. The molecule has 1 fully saturated rings. The molecule has 2 rings (SSSR count). The Morgan fingerprint density at radius 2 is 2.23 bits per heavy atom. The van der Waals surface area contributed by atoms with Crippen LogP contribution in [0.2, 0.25) is 0 Å². The van der Waals surface area contributed by atoms with Crippen LogP contribution in [0.25, 0.3) is 0 Å². The Balaban J connectivity index is 2.06. The number of anilines is 1. The Hall–Kier alpha value is -2.11. The average Bonchev–Trinajstić information content (AvgIpc) is 2.82. The summed E-state index contributed by atoms with van der Waals surface area (Å²) in [5.74, 6) is -3.97. The molecule has 0 aromatic carbocycles. The van der Waals surface area contributed by atoms with Crippen LogP contribution in [0.5, 0.6) is 0 Å². The first kappa shape index (κ1) is 20.2. The van der Waals surface area contributed by atoms with Gasteiger partial charge in [-0.15, -0.1) is 0 Å². The topological polar surface area (TPSA) is 123 Å². The van der Waals surface area contributed by atoms with Crippen molar-refractivity contribution in [2.75, 3.05) is 18.5 Å². The third-order valence-electron chi connectivity index (χ3n) is 3.85. The van der Waals surface area contributed by atoms with E-state index in [4.69, 9.17) is 14.6 Å². The van der Waals surface area contributed by atoms with Gasteiger partial charge < -0.3 is 19.7 Å². The Kier molecular flexibility index (Phi) is 6.62. The Morgan fingerprint density at radius 1 is 1.50 bits per heavy atom. The molecular weight excluding hydrogens is 356 g/mol. The lowest BCUT2D eigenvalue weighted by molar-refractivity contribution is -0.140. The molecule has 1 amide bonds. The highest BCUT2D eigenvalue weighted by molar-refractivity contribution is 5.83. The summed E-state index contributed by atoms with van der Waals surface area (Å²) in [6.45, 7) is 1.37. The number of carbonyl (C=O) groups excluding carboxylic acids is 1. The average molecular weight is 377 g/mol. The van der Waals surface area contributed by atoms with Crippen LogP contribution in [0.4, 0.5) is 19.4 Å². The number of aliphatic hydroxyl groups excluding tert-OH is 2. The van der Waals surface area contributed by atoms with Crippen LogP contribution in [-0.4, -0.2) is 57.2 Å². The molecule has 0 bridgehead atoms. The number of nitrogens with one attached hydrogen (secondary N) is 1. The number of ether oxygens (including phenoxy) is 2. The molecule has 3 N–H and O–H groups in total. The molecule has 26 heavy (non-hydrogen) atoms. The molecule has 0 saturated carbocycles. The van der Waals surface area contributed by atoms with Gasteiger partial charge in [0.1, 0.15) is 11.9 Å². The molecule has 9 nitrogen and oxygen atoms in total. The van der Waals surface area contributed by atoms with Crippen LogP contribution in [0.1, 0.15) is 32.4 Å². The van der Waals surface area contributed by atoms with Crippen LogP contribution in [0.15, 0.2) is 17.1 Å². The predicted molar refractivity (Wildman–Crippen MR) is 84.9 cm³/mol. The number of rotatable bonds is 7. The second kappa shape index (κ2) is 8.52. The van der Waals surface area contributed by atoms with Crippen molar-refractivity contribution in [2.24, 2.45) is 0 Å². The summed E-state index contributed by atoms with van der Waals surface area (Å²) < 4.78 is 38.3. The summed E-state index contributed by atoms with van der Waals surface area (Å²) in [5.41, 5.74) is -1.12. The number of aliphatic hydroxyl groups is 2. The predicted octanol–water partition coefficient (Wildman–Crippen LogP) is 0.868. The molecule has 2 heterocycles. The Bertz CT molecular complexity index is 684. The lowest BCUT2D eigenvalue weighted by Crippen LogP contribution is -2.41. The van der Waals surface area contributed by atoms with Gasteiger partial charge in [-0.2, -0.15) is 13.8 Å². The van der Waals surface area contributed by atoms with Crippen molar-refractivity contribution in [1.82, 2.24) is 9.55 Å². The van der Waals surface area contributed by atoms with Gasteiger partial charge in [-0.1, -0.05) is 19.8 Å². The van der Waals surface area contributed by atoms with Crippen molar-refractivity contribution < 1.29 is 33.3 Å². The fourth-order valence-electron chi connectivity index (χ4n) is 2.44. The van der Waals surface area contributed by atoms with Crippen LogP contribution >= 0.6 is 0 Å². The third-order valence-corrected chi connectivity index (χ3v) is 3.85. The quantitative estimate of drug-likeness (QED) is 0.603. The van der Waals surface area contributed by atoms with Crippen molar-refractivity contribution in [3.8, 4) is 0 Å². The molecule has 3 atom stereocenters. The molecular formula is C15H21F2N3O6. The molecule has 1 aliphatic heterocycles. The van der Waals surface area contributed by atoms with E-state index in [2.05, 4.69) is 10.3 Å². The lowest BCUT2D eigenvalue weighted by Gasteiger charge is -2.21. The zero-order valence-electron chi connectivity index (χ0n) is 14.1. The summed E-state index contributed by atoms with van der Waals surface area (Å²) in [7, 11) is 0. The van der Waals surface area contributed by atoms with E-state index in [1.807, 2.05) is 6.92 Å². The monoisotopic (exact) mass is 377 g/mol. The van der Waals surface area contributed by atoms with E-state index in [1.165, 1.54) is 0 Å². The van der Waals surface area contributed by atoms with Gasteiger partial charge >= 0.3 is 17.7 Å². The van der Waals surface area contributed by atoms with Crippen molar-refractivity contribution in [3.63, 3.8) is 0 Å². The molecule has 11 heteroatoms. The first-order valence-electron chi connectivity index (χ1n) is 8.16. The minimum absolute atomic E-state index is 0.174. The van der Waals surface area contributed by atoms with E-state index in [0.717, 1.165) is 25.1 Å². The number of unbranched alkanes of at least 4 members (excludes halogenated alkanes) is 2. The second-order valence-corrected chi connectivity index (χ2v) is 5.80. The van der Waals surface area contributed by atoms with Crippen molar-refractivity contribution in [1.29, 1.82) is 0 Å². The number of halogens is 2. The third kappa shape index (κ3) is 4.34. The summed E-state index contributed by atoms with van der Waals surface area (Å²) >= 11 is 0. The number of hydrogen-bond donors (Lipinski definition) is 3. The minimum Gasteiger partial charge on any atom is -0.449 e.